The SMILES string of the molecule is CC(C)(C)[C@@H](C=O)N=CB=O. The second-order valence-electron chi connectivity index (χ2n) is 3.38. The third-order valence-electron chi connectivity index (χ3n) is 1.32. The van der Waals surface area contributed by atoms with E-state index in [9.17, 15) is 9.50 Å². The fourth-order valence-corrected chi connectivity index (χ4v) is 0.591. The van der Waals surface area contributed by atoms with E-state index in [4.69, 9.17) is 0 Å². The first kappa shape index (κ1) is 10.2. The van der Waals surface area contributed by atoms with Crippen molar-refractivity contribution < 1.29 is 9.50 Å². The van der Waals surface area contributed by atoms with Crippen molar-refractivity contribution in [1.29, 1.82) is 0 Å². The van der Waals surface area contributed by atoms with Crippen molar-refractivity contribution in [2.45, 2.75) is 26.8 Å². The number of aldehydes is 1. The van der Waals surface area contributed by atoms with Crippen LogP contribution in [-0.4, -0.2) is 25.6 Å². The molecule has 1 atom stereocenters. The molecular formula is C7H12BNO2. The Kier molecular flexibility index (Phi) is 3.86. The molecule has 0 saturated heterocycles. The van der Waals surface area contributed by atoms with Gasteiger partial charge in [-0.2, -0.15) is 0 Å². The molecule has 11 heavy (non-hydrogen) atoms. The zero-order chi connectivity index (χ0) is 8.91. The molecule has 0 heterocycles. The summed E-state index contributed by atoms with van der Waals surface area (Å²) in [5, 5.41) is 0. The van der Waals surface area contributed by atoms with Crippen LogP contribution in [0, 0.1) is 5.41 Å². The Bertz CT molecular complexity index is 172. The Morgan fingerprint density at radius 1 is 1.45 bits per heavy atom. The molecule has 0 unspecified atom stereocenters. The Labute approximate surface area is 67.2 Å². The molecule has 0 bridgehead atoms. The summed E-state index contributed by atoms with van der Waals surface area (Å²) < 4.78 is 9.89. The standard InChI is InChI=1S/C7H12BNO2/c1-7(2,3)6(4-10)9-5-8-11/h4-6H,1-3H3/t6-/m1/s1. The van der Waals surface area contributed by atoms with Crippen LogP contribution in [0.2, 0.25) is 0 Å². The van der Waals surface area contributed by atoms with Crippen molar-refractivity contribution in [2.24, 2.45) is 10.4 Å². The third-order valence-corrected chi connectivity index (χ3v) is 1.32. The molecule has 0 amide bonds. The normalized spacial score (nSPS) is 14.5. The van der Waals surface area contributed by atoms with Crippen molar-refractivity contribution >= 4 is 19.6 Å². The van der Waals surface area contributed by atoms with E-state index in [2.05, 4.69) is 4.99 Å². The molecule has 4 heteroatoms. The number of aliphatic imine (C=N–C) groups is 1. The van der Waals surface area contributed by atoms with Gasteiger partial charge in [0.15, 0.2) is 0 Å². The summed E-state index contributed by atoms with van der Waals surface area (Å²) >= 11 is 0. The predicted molar refractivity (Wildman–Crippen MR) is 44.2 cm³/mol. The Morgan fingerprint density at radius 3 is 2.27 bits per heavy atom. The molecular weight excluding hydrogens is 141 g/mol. The van der Waals surface area contributed by atoms with Crippen molar-refractivity contribution in [3.63, 3.8) is 0 Å². The van der Waals surface area contributed by atoms with Crippen LogP contribution >= 0.6 is 0 Å². The van der Waals surface area contributed by atoms with Gasteiger partial charge in [-0.15, -0.1) is 0 Å². The number of hydrogen-bond donors (Lipinski definition) is 0. The van der Waals surface area contributed by atoms with Crippen LogP contribution in [0.25, 0.3) is 0 Å². The van der Waals surface area contributed by atoms with Crippen molar-refractivity contribution in [3.05, 3.63) is 0 Å². The van der Waals surface area contributed by atoms with Gasteiger partial charge in [0, 0.05) is 0 Å². The van der Waals surface area contributed by atoms with Crippen LogP contribution < -0.4 is 0 Å². The molecule has 0 rings (SSSR count). The summed E-state index contributed by atoms with van der Waals surface area (Å²) in [4.78, 5) is 14.2. The average molecular weight is 153 g/mol. The second kappa shape index (κ2) is 4.16. The van der Waals surface area contributed by atoms with Crippen LogP contribution in [0.3, 0.4) is 0 Å². The molecule has 0 aliphatic carbocycles. The Hall–Kier alpha value is -0.795. The molecule has 0 aromatic rings. The fourth-order valence-electron chi connectivity index (χ4n) is 0.591. The molecule has 0 aliphatic rings. The van der Waals surface area contributed by atoms with Gasteiger partial charge in [-0.05, 0) is 0 Å². The minimum absolute atomic E-state index is 0.207. The van der Waals surface area contributed by atoms with E-state index in [0.29, 0.717) is 7.15 Å². The van der Waals surface area contributed by atoms with Crippen LogP contribution in [-0.2, 0) is 9.50 Å². The molecule has 0 aliphatic heterocycles. The van der Waals surface area contributed by atoms with Gasteiger partial charge in [0.1, 0.15) is 0 Å². The van der Waals surface area contributed by atoms with Gasteiger partial charge in [0.2, 0.25) is 0 Å². The van der Waals surface area contributed by atoms with Crippen molar-refractivity contribution in [3.8, 4) is 0 Å². The van der Waals surface area contributed by atoms with Crippen LogP contribution in [0.15, 0.2) is 4.99 Å². The zero-order valence-corrected chi connectivity index (χ0v) is 7.07. The zero-order valence-electron chi connectivity index (χ0n) is 7.07. The average Bonchev–Trinajstić information content (AvgIpc) is 1.87. The number of carbonyl (C=O) groups is 1. The van der Waals surface area contributed by atoms with E-state index >= 15 is 0 Å². The fraction of sp³-hybridized carbons (Fsp3) is 0.714. The first-order chi connectivity index (χ1) is 5.02. The first-order valence-corrected chi connectivity index (χ1v) is 3.44. The van der Waals surface area contributed by atoms with E-state index in [1.54, 1.807) is 0 Å². The maximum absolute atomic E-state index is 10.4. The molecule has 0 saturated carbocycles. The number of carbonyl (C=O) groups excluding carboxylic acids is 1. The molecule has 0 fully saturated rings. The van der Waals surface area contributed by atoms with Crippen molar-refractivity contribution in [2.75, 3.05) is 0 Å². The summed E-state index contributed by atoms with van der Waals surface area (Å²) in [5.74, 6) is 0. The monoisotopic (exact) mass is 153 g/mol. The van der Waals surface area contributed by atoms with Gasteiger partial charge in [0.05, 0.1) is 0 Å². The molecule has 0 aromatic heterocycles. The van der Waals surface area contributed by atoms with Crippen LogP contribution in [0.1, 0.15) is 20.8 Å². The number of nitrogens with zero attached hydrogens (tertiary/aromatic N) is 1. The van der Waals surface area contributed by atoms with E-state index in [0.717, 1.165) is 12.4 Å². The topological polar surface area (TPSA) is 46.5 Å². The van der Waals surface area contributed by atoms with E-state index < -0.39 is 6.04 Å². The quantitative estimate of drug-likeness (QED) is 0.340. The summed E-state index contributed by atoms with van der Waals surface area (Å²) in [6.45, 7) is 5.69. The molecule has 0 aromatic carbocycles. The maximum atomic E-state index is 10.4. The van der Waals surface area contributed by atoms with Gasteiger partial charge in [-0.3, -0.25) is 0 Å². The van der Waals surface area contributed by atoms with Gasteiger partial charge in [-0.25, -0.2) is 0 Å². The van der Waals surface area contributed by atoms with Gasteiger partial charge in [0.25, 0.3) is 0 Å². The molecule has 0 spiro atoms. The molecule has 3 nitrogen and oxygen atoms in total. The molecule has 0 radical (unpaired) electrons. The van der Waals surface area contributed by atoms with Gasteiger partial charge >= 0.3 is 66.3 Å². The predicted octanol–water partition coefficient (Wildman–Crippen LogP) is 0.678. The summed E-state index contributed by atoms with van der Waals surface area (Å²) in [7, 11) is 0.572. The van der Waals surface area contributed by atoms with Crippen molar-refractivity contribution in [1.82, 2.24) is 0 Å². The molecule has 60 valence electrons. The summed E-state index contributed by atoms with van der Waals surface area (Å²) in [6, 6.07) is -0.423. The van der Waals surface area contributed by atoms with E-state index in [-0.39, 0.29) is 5.41 Å². The van der Waals surface area contributed by atoms with E-state index in [1.807, 2.05) is 20.8 Å². The molecule has 0 N–H and O–H groups in total. The summed E-state index contributed by atoms with van der Waals surface area (Å²) in [6.07, 6.45) is 1.87. The van der Waals surface area contributed by atoms with Gasteiger partial charge < -0.3 is 0 Å². The minimum atomic E-state index is -0.423. The Morgan fingerprint density at radius 2 is 2.00 bits per heavy atom. The summed E-state index contributed by atoms with van der Waals surface area (Å²) in [5.41, 5.74) is -0.207. The van der Waals surface area contributed by atoms with Crippen LogP contribution in [0.5, 0.6) is 0 Å². The second-order valence-corrected chi connectivity index (χ2v) is 3.38. The first-order valence-electron chi connectivity index (χ1n) is 3.44. The third kappa shape index (κ3) is 3.81. The van der Waals surface area contributed by atoms with E-state index in [1.165, 1.54) is 0 Å². The Balaban J connectivity index is 4.29. The van der Waals surface area contributed by atoms with Gasteiger partial charge in [-0.1, -0.05) is 0 Å². The van der Waals surface area contributed by atoms with Crippen LogP contribution in [0.4, 0.5) is 0 Å². The number of hydrogen-bond acceptors (Lipinski definition) is 3. The number of rotatable bonds is 3.